The van der Waals surface area contributed by atoms with Crippen molar-refractivity contribution in [2.75, 3.05) is 11.1 Å². The average Bonchev–Trinajstić information content (AvgIpc) is 2.98. The first-order valence-corrected chi connectivity index (χ1v) is 10.9. The summed E-state index contributed by atoms with van der Waals surface area (Å²) in [5, 5.41) is 3.63. The van der Waals surface area contributed by atoms with E-state index < -0.39 is 15.7 Å². The van der Waals surface area contributed by atoms with Crippen molar-refractivity contribution in [2.45, 2.75) is 17.7 Å². The van der Waals surface area contributed by atoms with E-state index in [1.54, 1.807) is 42.5 Å². The number of anilines is 2. The average molecular weight is 429 g/mol. The highest BCUT2D eigenvalue weighted by atomic mass is 35.5. The van der Waals surface area contributed by atoms with Gasteiger partial charge in [-0.05, 0) is 29.8 Å². The van der Waals surface area contributed by atoms with Gasteiger partial charge in [0.05, 0.1) is 17.9 Å². The van der Waals surface area contributed by atoms with Crippen molar-refractivity contribution >= 4 is 38.9 Å². The van der Waals surface area contributed by atoms with Crippen LogP contribution in [0.4, 0.5) is 11.5 Å². The molecule has 0 atom stereocenters. The molecule has 1 aromatic heterocycles. The molecular formula is C20H17ClN4O3S. The molecule has 3 N–H and O–H groups in total. The third-order valence-electron chi connectivity index (χ3n) is 4.53. The molecule has 148 valence electrons. The predicted octanol–water partition coefficient (Wildman–Crippen LogP) is 2.90. The standard InChI is InChI=1S/C20H17ClN4O3S/c21-14-3-1-2-13(11-14)19-24-16-8-9-29(27,28)18(16)20(25-19)23-15-6-4-12(5-7-15)10-17(22)26/h1-7,11H,8-10H2,(H2,22,26)(H,23,24,25). The molecule has 9 heteroatoms. The second kappa shape index (κ2) is 7.46. The number of hydrogen-bond donors (Lipinski definition) is 2. The van der Waals surface area contributed by atoms with Crippen LogP contribution in [0.15, 0.2) is 53.4 Å². The van der Waals surface area contributed by atoms with Crippen LogP contribution in [0.2, 0.25) is 5.02 Å². The minimum Gasteiger partial charge on any atom is -0.369 e. The molecule has 1 amide bonds. The fourth-order valence-corrected chi connectivity index (χ4v) is 4.97. The van der Waals surface area contributed by atoms with Gasteiger partial charge in [-0.15, -0.1) is 0 Å². The van der Waals surface area contributed by atoms with E-state index in [1.165, 1.54) is 0 Å². The number of carbonyl (C=O) groups is 1. The molecule has 0 spiro atoms. The van der Waals surface area contributed by atoms with Gasteiger partial charge < -0.3 is 11.1 Å². The van der Waals surface area contributed by atoms with E-state index in [1.807, 2.05) is 6.07 Å². The number of aromatic nitrogens is 2. The number of rotatable bonds is 5. The Morgan fingerprint density at radius 2 is 1.90 bits per heavy atom. The zero-order valence-corrected chi connectivity index (χ0v) is 16.8. The number of nitrogens with two attached hydrogens (primary N) is 1. The van der Waals surface area contributed by atoms with Crippen LogP contribution in [0.1, 0.15) is 11.3 Å². The Hall–Kier alpha value is -2.97. The van der Waals surface area contributed by atoms with E-state index in [2.05, 4.69) is 15.3 Å². The molecule has 2 heterocycles. The van der Waals surface area contributed by atoms with Crippen LogP contribution in [0.3, 0.4) is 0 Å². The second-order valence-corrected chi connectivity index (χ2v) is 9.20. The molecule has 1 aliphatic heterocycles. The number of amides is 1. The van der Waals surface area contributed by atoms with Gasteiger partial charge in [-0.1, -0.05) is 35.9 Å². The fraction of sp³-hybridized carbons (Fsp3) is 0.150. The number of nitrogens with zero attached hydrogens (tertiary/aromatic N) is 2. The summed E-state index contributed by atoms with van der Waals surface area (Å²) < 4.78 is 25.1. The minimum atomic E-state index is -3.46. The Bertz CT molecular complexity index is 1210. The first kappa shape index (κ1) is 19.4. The number of nitrogens with one attached hydrogen (secondary N) is 1. The molecule has 0 fully saturated rings. The molecule has 3 aromatic rings. The quantitative estimate of drug-likeness (QED) is 0.645. The Labute approximate surface area is 172 Å². The van der Waals surface area contributed by atoms with Crippen molar-refractivity contribution in [3.8, 4) is 11.4 Å². The van der Waals surface area contributed by atoms with Gasteiger partial charge >= 0.3 is 0 Å². The molecule has 0 saturated carbocycles. The third kappa shape index (κ3) is 4.08. The van der Waals surface area contributed by atoms with Crippen LogP contribution >= 0.6 is 11.6 Å². The number of sulfone groups is 1. The second-order valence-electron chi connectivity index (χ2n) is 6.72. The van der Waals surface area contributed by atoms with Gasteiger partial charge in [0.25, 0.3) is 0 Å². The zero-order valence-electron chi connectivity index (χ0n) is 15.2. The Balaban J connectivity index is 1.76. The number of aryl methyl sites for hydroxylation is 1. The summed E-state index contributed by atoms with van der Waals surface area (Å²) in [5.41, 5.74) is 7.80. The van der Waals surface area contributed by atoms with E-state index in [-0.39, 0.29) is 22.9 Å². The lowest BCUT2D eigenvalue weighted by atomic mass is 10.1. The Morgan fingerprint density at radius 3 is 2.59 bits per heavy atom. The number of benzene rings is 2. The number of primary amides is 1. The van der Waals surface area contributed by atoms with Crippen LogP contribution in [-0.2, 0) is 27.5 Å². The van der Waals surface area contributed by atoms with Crippen LogP contribution in [0, 0.1) is 0 Å². The van der Waals surface area contributed by atoms with Crippen LogP contribution in [0.5, 0.6) is 0 Å². The lowest BCUT2D eigenvalue weighted by Crippen LogP contribution is -2.13. The van der Waals surface area contributed by atoms with Crippen molar-refractivity contribution in [2.24, 2.45) is 5.73 Å². The maximum atomic E-state index is 12.5. The summed E-state index contributed by atoms with van der Waals surface area (Å²) in [6, 6.07) is 14.1. The topological polar surface area (TPSA) is 115 Å². The smallest absolute Gasteiger partial charge is 0.221 e. The fourth-order valence-electron chi connectivity index (χ4n) is 3.21. The first-order valence-electron chi connectivity index (χ1n) is 8.86. The lowest BCUT2D eigenvalue weighted by molar-refractivity contribution is -0.117. The van der Waals surface area contributed by atoms with Crippen molar-refractivity contribution in [3.05, 3.63) is 64.8 Å². The SMILES string of the molecule is NC(=O)Cc1ccc(Nc2nc(-c3cccc(Cl)c3)nc3c2S(=O)(=O)CC3)cc1. The monoisotopic (exact) mass is 428 g/mol. The van der Waals surface area contributed by atoms with Crippen molar-refractivity contribution < 1.29 is 13.2 Å². The van der Waals surface area contributed by atoms with E-state index >= 15 is 0 Å². The van der Waals surface area contributed by atoms with Gasteiger partial charge in [-0.25, -0.2) is 18.4 Å². The lowest BCUT2D eigenvalue weighted by Gasteiger charge is -2.12. The molecule has 0 radical (unpaired) electrons. The molecule has 7 nitrogen and oxygen atoms in total. The van der Waals surface area contributed by atoms with Crippen LogP contribution in [0.25, 0.3) is 11.4 Å². The molecule has 2 aromatic carbocycles. The maximum absolute atomic E-state index is 12.5. The van der Waals surface area contributed by atoms with E-state index in [9.17, 15) is 13.2 Å². The number of hydrogen-bond acceptors (Lipinski definition) is 6. The molecule has 0 unspecified atom stereocenters. The predicted molar refractivity (Wildman–Crippen MR) is 111 cm³/mol. The highest BCUT2D eigenvalue weighted by Gasteiger charge is 2.33. The van der Waals surface area contributed by atoms with Gasteiger partial charge in [-0.2, -0.15) is 0 Å². The summed E-state index contributed by atoms with van der Waals surface area (Å²) in [7, 11) is -3.46. The largest absolute Gasteiger partial charge is 0.369 e. The molecule has 0 bridgehead atoms. The van der Waals surface area contributed by atoms with E-state index in [0.717, 1.165) is 5.56 Å². The van der Waals surface area contributed by atoms with E-state index in [0.29, 0.717) is 34.2 Å². The van der Waals surface area contributed by atoms with Crippen molar-refractivity contribution in [3.63, 3.8) is 0 Å². The highest BCUT2D eigenvalue weighted by molar-refractivity contribution is 7.91. The van der Waals surface area contributed by atoms with E-state index in [4.69, 9.17) is 17.3 Å². The summed E-state index contributed by atoms with van der Waals surface area (Å²) in [5.74, 6) is 0.209. The summed E-state index contributed by atoms with van der Waals surface area (Å²) >= 11 is 6.08. The van der Waals surface area contributed by atoms with Gasteiger partial charge in [0.15, 0.2) is 21.5 Å². The molecule has 1 aliphatic rings. The highest BCUT2D eigenvalue weighted by Crippen LogP contribution is 2.34. The van der Waals surface area contributed by atoms with Gasteiger partial charge in [-0.3, -0.25) is 4.79 Å². The molecule has 0 aliphatic carbocycles. The third-order valence-corrected chi connectivity index (χ3v) is 6.56. The molecular weight excluding hydrogens is 412 g/mol. The maximum Gasteiger partial charge on any atom is 0.221 e. The molecule has 0 saturated heterocycles. The molecule has 29 heavy (non-hydrogen) atoms. The Morgan fingerprint density at radius 1 is 1.14 bits per heavy atom. The first-order chi connectivity index (χ1) is 13.8. The molecule has 4 rings (SSSR count). The normalized spacial score (nSPS) is 14.4. The summed E-state index contributed by atoms with van der Waals surface area (Å²) in [6.07, 6.45) is 0.469. The van der Waals surface area contributed by atoms with Gasteiger partial charge in [0, 0.05) is 22.7 Å². The minimum absolute atomic E-state index is 0.00222. The summed E-state index contributed by atoms with van der Waals surface area (Å²) in [6.45, 7) is 0. The number of halogens is 1. The van der Waals surface area contributed by atoms with Crippen molar-refractivity contribution in [1.29, 1.82) is 0 Å². The van der Waals surface area contributed by atoms with Gasteiger partial charge in [0.2, 0.25) is 5.91 Å². The van der Waals surface area contributed by atoms with Crippen LogP contribution < -0.4 is 11.1 Å². The van der Waals surface area contributed by atoms with Crippen LogP contribution in [-0.4, -0.2) is 30.0 Å². The number of fused-ring (bicyclic) bond motifs is 1. The van der Waals surface area contributed by atoms with Gasteiger partial charge in [0.1, 0.15) is 4.90 Å². The zero-order chi connectivity index (χ0) is 20.6. The summed E-state index contributed by atoms with van der Waals surface area (Å²) in [4.78, 5) is 20.1. The van der Waals surface area contributed by atoms with Crippen molar-refractivity contribution in [1.82, 2.24) is 9.97 Å². The number of carbonyl (C=O) groups excluding carboxylic acids is 1. The Kier molecular flexibility index (Phi) is 4.97.